The monoisotopic (exact) mass is 397 g/mol. The van der Waals surface area contributed by atoms with Crippen LogP contribution >= 0.6 is 0 Å². The zero-order chi connectivity index (χ0) is 20.3. The van der Waals surface area contributed by atoms with Gasteiger partial charge in [-0.25, -0.2) is 0 Å². The smallest absolute Gasteiger partial charge is 0.191 e. The zero-order valence-corrected chi connectivity index (χ0v) is 17.8. The predicted octanol–water partition coefficient (Wildman–Crippen LogP) is 2.84. The van der Waals surface area contributed by atoms with Crippen molar-refractivity contribution in [1.29, 1.82) is 0 Å². The molecule has 1 unspecified atom stereocenters. The Labute approximate surface area is 174 Å². The average Bonchev–Trinajstić information content (AvgIpc) is 3.28. The Bertz CT molecular complexity index is 706. The van der Waals surface area contributed by atoms with Crippen LogP contribution in [0.25, 0.3) is 0 Å². The third kappa shape index (κ3) is 6.85. The Hall–Kier alpha value is -2.41. The summed E-state index contributed by atoms with van der Waals surface area (Å²) >= 11 is 0. The number of guanidine groups is 1. The van der Waals surface area contributed by atoms with Crippen molar-refractivity contribution < 1.29 is 0 Å². The lowest BCUT2D eigenvalue weighted by molar-refractivity contribution is 0.158. The Morgan fingerprint density at radius 3 is 2.55 bits per heavy atom. The summed E-state index contributed by atoms with van der Waals surface area (Å²) in [5.41, 5.74) is 1.40. The van der Waals surface area contributed by atoms with Gasteiger partial charge in [0.1, 0.15) is 12.7 Å². The molecule has 2 aromatic rings. The molecule has 0 radical (unpaired) electrons. The first-order valence-corrected chi connectivity index (χ1v) is 10.9. The first kappa shape index (κ1) is 21.3. The Balaban J connectivity index is 1.40. The summed E-state index contributed by atoms with van der Waals surface area (Å²) in [5, 5.41) is 14.7. The van der Waals surface area contributed by atoms with Crippen molar-refractivity contribution >= 4 is 5.96 Å². The summed E-state index contributed by atoms with van der Waals surface area (Å²) in [6.45, 7) is 9.34. The van der Waals surface area contributed by atoms with Crippen molar-refractivity contribution in [2.75, 3.05) is 26.2 Å². The van der Waals surface area contributed by atoms with Gasteiger partial charge in [-0.1, -0.05) is 30.3 Å². The second-order valence-corrected chi connectivity index (χ2v) is 7.71. The molecule has 1 fully saturated rings. The molecule has 1 aliphatic rings. The van der Waals surface area contributed by atoms with Gasteiger partial charge in [-0.15, -0.1) is 10.2 Å². The fourth-order valence-electron chi connectivity index (χ4n) is 3.82. The first-order valence-electron chi connectivity index (χ1n) is 10.9. The van der Waals surface area contributed by atoms with Gasteiger partial charge in [0.15, 0.2) is 5.96 Å². The topological polar surface area (TPSA) is 70.4 Å². The number of benzene rings is 1. The van der Waals surface area contributed by atoms with Crippen molar-refractivity contribution in [3.05, 3.63) is 48.5 Å². The number of piperidine rings is 1. The minimum Gasteiger partial charge on any atom is -0.357 e. The first-order chi connectivity index (χ1) is 14.3. The molecule has 0 bridgehead atoms. The highest BCUT2D eigenvalue weighted by Crippen LogP contribution is 2.23. The van der Waals surface area contributed by atoms with Crippen molar-refractivity contribution in [3.63, 3.8) is 0 Å². The number of nitrogens with zero attached hydrogens (tertiary/aromatic N) is 5. The summed E-state index contributed by atoms with van der Waals surface area (Å²) in [6.07, 6.45) is 7.96. The number of likely N-dealkylation sites (tertiary alicyclic amines) is 1. The predicted molar refractivity (Wildman–Crippen MR) is 118 cm³/mol. The quantitative estimate of drug-likeness (QED) is 0.387. The maximum atomic E-state index is 4.77. The van der Waals surface area contributed by atoms with E-state index in [1.807, 2.05) is 4.57 Å². The maximum absolute atomic E-state index is 4.77. The highest BCUT2D eigenvalue weighted by Gasteiger charge is 2.23. The van der Waals surface area contributed by atoms with Gasteiger partial charge in [-0.2, -0.15) is 0 Å². The largest absolute Gasteiger partial charge is 0.357 e. The fourth-order valence-corrected chi connectivity index (χ4v) is 3.82. The molecule has 0 aliphatic carbocycles. The number of unbranched alkanes of at least 4 members (excludes halogenated alkanes) is 1. The summed E-state index contributed by atoms with van der Waals surface area (Å²) in [6, 6.07) is 11.8. The van der Waals surface area contributed by atoms with Gasteiger partial charge in [0, 0.05) is 44.8 Å². The number of aryl methyl sites for hydroxylation is 1. The van der Waals surface area contributed by atoms with E-state index in [2.05, 4.69) is 69.9 Å². The van der Waals surface area contributed by atoms with E-state index in [0.717, 1.165) is 64.4 Å². The van der Waals surface area contributed by atoms with Crippen LogP contribution in [0.15, 0.2) is 48.0 Å². The van der Waals surface area contributed by atoms with Crippen molar-refractivity contribution in [2.45, 2.75) is 58.2 Å². The molecular weight excluding hydrogens is 362 g/mol. The van der Waals surface area contributed by atoms with Crippen molar-refractivity contribution in [3.8, 4) is 0 Å². The normalized spacial score (nSPS) is 17.2. The number of aliphatic imine (C=N–C) groups is 1. The Morgan fingerprint density at radius 2 is 1.86 bits per heavy atom. The second-order valence-electron chi connectivity index (χ2n) is 7.71. The summed E-state index contributed by atoms with van der Waals surface area (Å²) in [4.78, 5) is 7.35. The van der Waals surface area contributed by atoms with Crippen LogP contribution in [0, 0.1) is 0 Å². The number of rotatable bonds is 9. The molecule has 7 heteroatoms. The molecule has 1 aromatic heterocycles. The lowest BCUT2D eigenvalue weighted by Crippen LogP contribution is -2.49. The molecule has 158 valence electrons. The van der Waals surface area contributed by atoms with Crippen LogP contribution in [0.5, 0.6) is 0 Å². The maximum Gasteiger partial charge on any atom is 0.191 e. The van der Waals surface area contributed by atoms with Crippen LogP contribution < -0.4 is 10.6 Å². The third-order valence-corrected chi connectivity index (χ3v) is 5.61. The minimum absolute atomic E-state index is 0.477. The molecule has 29 heavy (non-hydrogen) atoms. The van der Waals surface area contributed by atoms with Crippen LogP contribution in [0.4, 0.5) is 0 Å². The van der Waals surface area contributed by atoms with Gasteiger partial charge in [0.25, 0.3) is 0 Å². The second kappa shape index (κ2) is 11.6. The average molecular weight is 398 g/mol. The molecule has 0 saturated carbocycles. The SMILES string of the molecule is CCNC(=NCCCCn1cnnc1)NC1CCN(C(C)c2ccccc2)CC1. The van der Waals surface area contributed by atoms with Crippen LogP contribution in [-0.4, -0.2) is 57.8 Å². The molecule has 0 spiro atoms. The molecule has 1 aromatic carbocycles. The van der Waals surface area contributed by atoms with Crippen LogP contribution in [0.3, 0.4) is 0 Å². The van der Waals surface area contributed by atoms with Crippen molar-refractivity contribution in [1.82, 2.24) is 30.3 Å². The molecule has 1 aliphatic heterocycles. The van der Waals surface area contributed by atoms with Crippen LogP contribution in [0.2, 0.25) is 0 Å². The number of hydrogen-bond acceptors (Lipinski definition) is 4. The van der Waals surface area contributed by atoms with E-state index in [0.29, 0.717) is 12.1 Å². The van der Waals surface area contributed by atoms with E-state index in [4.69, 9.17) is 4.99 Å². The van der Waals surface area contributed by atoms with E-state index in [1.165, 1.54) is 5.56 Å². The van der Waals surface area contributed by atoms with E-state index < -0.39 is 0 Å². The molecule has 0 amide bonds. The zero-order valence-electron chi connectivity index (χ0n) is 17.8. The molecule has 7 nitrogen and oxygen atoms in total. The van der Waals surface area contributed by atoms with Crippen molar-refractivity contribution in [2.24, 2.45) is 4.99 Å². The number of hydrogen-bond donors (Lipinski definition) is 2. The molecule has 2 heterocycles. The molecule has 3 rings (SSSR count). The van der Waals surface area contributed by atoms with Gasteiger partial charge in [-0.3, -0.25) is 9.89 Å². The third-order valence-electron chi connectivity index (χ3n) is 5.61. The van der Waals surface area contributed by atoms with Gasteiger partial charge in [0.2, 0.25) is 0 Å². The molecular formula is C22H35N7. The lowest BCUT2D eigenvalue weighted by Gasteiger charge is -2.37. The Morgan fingerprint density at radius 1 is 1.14 bits per heavy atom. The number of nitrogens with one attached hydrogen (secondary N) is 2. The molecule has 2 N–H and O–H groups in total. The standard InChI is InChI=1S/C22H35N7/c1-3-23-22(24-13-7-8-14-28-17-25-26-18-28)27-21-11-15-29(16-12-21)19(2)20-9-5-4-6-10-20/h4-6,9-10,17-19,21H,3,7-8,11-16H2,1-2H3,(H2,23,24,27). The van der Waals surface area contributed by atoms with Crippen LogP contribution in [0.1, 0.15) is 51.1 Å². The van der Waals surface area contributed by atoms with Crippen LogP contribution in [-0.2, 0) is 6.54 Å². The van der Waals surface area contributed by atoms with Gasteiger partial charge in [-0.05, 0) is 45.1 Å². The fraction of sp³-hybridized carbons (Fsp3) is 0.591. The lowest BCUT2D eigenvalue weighted by atomic mass is 10.0. The van der Waals surface area contributed by atoms with E-state index in [-0.39, 0.29) is 0 Å². The van der Waals surface area contributed by atoms with Gasteiger partial charge < -0.3 is 15.2 Å². The van der Waals surface area contributed by atoms with Gasteiger partial charge >= 0.3 is 0 Å². The summed E-state index contributed by atoms with van der Waals surface area (Å²) < 4.78 is 2.01. The summed E-state index contributed by atoms with van der Waals surface area (Å²) in [7, 11) is 0. The van der Waals surface area contributed by atoms with E-state index in [9.17, 15) is 0 Å². The Kier molecular flexibility index (Phi) is 8.49. The molecule has 1 saturated heterocycles. The number of aromatic nitrogens is 3. The highest BCUT2D eigenvalue weighted by molar-refractivity contribution is 5.80. The molecule has 1 atom stereocenters. The van der Waals surface area contributed by atoms with E-state index in [1.54, 1.807) is 12.7 Å². The van der Waals surface area contributed by atoms with Gasteiger partial charge in [0.05, 0.1) is 0 Å². The summed E-state index contributed by atoms with van der Waals surface area (Å²) in [5.74, 6) is 0.950. The highest BCUT2D eigenvalue weighted by atomic mass is 15.2. The minimum atomic E-state index is 0.477. The van der Waals surface area contributed by atoms with E-state index >= 15 is 0 Å².